The van der Waals surface area contributed by atoms with Crippen LogP contribution in [0.2, 0.25) is 0 Å². The Morgan fingerprint density at radius 2 is 1.93 bits per heavy atom. The number of methoxy groups -OCH3 is 1. The molecule has 6 rings (SSSR count). The lowest BCUT2D eigenvalue weighted by atomic mass is 9.47. The second-order valence-corrected chi connectivity index (χ2v) is 11.9. The van der Waals surface area contributed by atoms with Crippen LogP contribution in [-0.2, 0) is 14.9 Å². The molecule has 11 heteroatoms. The topological polar surface area (TPSA) is 134 Å². The minimum Gasteiger partial charge on any atom is -0.497 e. The second kappa shape index (κ2) is 9.81. The third-order valence-corrected chi connectivity index (χ3v) is 10.1. The molecule has 3 aliphatic heterocycles. The largest absolute Gasteiger partial charge is 0.497 e. The molecule has 0 aromatic heterocycles. The highest BCUT2D eigenvalue weighted by molar-refractivity contribution is 5.94. The zero-order valence-electron chi connectivity index (χ0n) is 24.2. The fourth-order valence-corrected chi connectivity index (χ4v) is 8.70. The van der Waals surface area contributed by atoms with Gasteiger partial charge in [0.2, 0.25) is 0 Å². The highest BCUT2D eigenvalue weighted by Gasteiger charge is 2.77. The molecule has 0 radical (unpaired) electrons. The Hall–Kier alpha value is -3.96. The molecule has 1 spiro atoms. The Morgan fingerprint density at radius 3 is 2.57 bits per heavy atom. The van der Waals surface area contributed by atoms with Crippen molar-refractivity contribution in [2.24, 2.45) is 5.41 Å². The van der Waals surface area contributed by atoms with Gasteiger partial charge in [-0.15, -0.1) is 0 Å². The summed E-state index contributed by atoms with van der Waals surface area (Å²) >= 11 is 0. The first-order valence-electron chi connectivity index (χ1n) is 14.3. The summed E-state index contributed by atoms with van der Waals surface area (Å²) in [5, 5.41) is 27.1. The number of anilines is 1. The molecule has 1 aliphatic carbocycles. The zero-order chi connectivity index (χ0) is 30.0. The predicted molar refractivity (Wildman–Crippen MR) is 155 cm³/mol. The molecule has 1 amide bonds. The summed E-state index contributed by atoms with van der Waals surface area (Å²) in [6, 6.07) is 10.7. The molecule has 2 fully saturated rings. The number of hydrogen-bond acceptors (Lipinski definition) is 9. The highest BCUT2D eigenvalue weighted by atomic mass is 16.6. The van der Waals surface area contributed by atoms with E-state index < -0.39 is 45.4 Å². The van der Waals surface area contributed by atoms with Crippen LogP contribution in [-0.4, -0.2) is 84.4 Å². The number of non-ortho nitro benzene ring substituents is 1. The number of fused-ring (bicyclic) bond motifs is 1. The van der Waals surface area contributed by atoms with Crippen LogP contribution in [0.5, 0.6) is 5.75 Å². The van der Waals surface area contributed by atoms with Crippen LogP contribution in [0.4, 0.5) is 11.4 Å². The first-order valence-corrected chi connectivity index (χ1v) is 14.3. The summed E-state index contributed by atoms with van der Waals surface area (Å²) in [5.74, 6) is -0.306. The number of amides is 1. The van der Waals surface area contributed by atoms with Crippen molar-refractivity contribution in [3.63, 3.8) is 0 Å². The number of ether oxygens (including phenoxy) is 2. The molecule has 11 nitrogen and oxygen atoms in total. The van der Waals surface area contributed by atoms with Crippen molar-refractivity contribution in [1.82, 2.24) is 10.2 Å². The van der Waals surface area contributed by atoms with E-state index in [1.807, 2.05) is 19.2 Å². The summed E-state index contributed by atoms with van der Waals surface area (Å²) in [7, 11) is 3.56. The lowest BCUT2D eigenvalue weighted by molar-refractivity contribution is -0.384. The molecule has 2 N–H and O–H groups in total. The van der Waals surface area contributed by atoms with E-state index in [4.69, 9.17) is 9.47 Å². The van der Waals surface area contributed by atoms with Crippen LogP contribution in [0, 0.1) is 15.5 Å². The quantitative estimate of drug-likeness (QED) is 0.221. The molecular weight excluding hydrogens is 540 g/mol. The summed E-state index contributed by atoms with van der Waals surface area (Å²) < 4.78 is 11.7. The van der Waals surface area contributed by atoms with Crippen molar-refractivity contribution in [2.75, 3.05) is 38.7 Å². The summed E-state index contributed by atoms with van der Waals surface area (Å²) in [6.07, 6.45) is 4.63. The molecule has 0 bridgehead atoms. The SMILES string of the molecule is CC[C@]12C=CCN3CC[C@@]4(c5ccc(OC)cc5N(C)[C@H]4C(O)(CNC(=O)c4ccc([N+](=O)[O-])cc4)[C@@H]1OC(C)=O)C32. The summed E-state index contributed by atoms with van der Waals surface area (Å²) in [6.45, 7) is 4.77. The molecule has 3 heterocycles. The molecular formula is C31H36N4O7. The molecule has 2 aromatic rings. The maximum atomic E-state index is 13.4. The molecule has 4 aliphatic rings. The molecule has 1 saturated heterocycles. The Labute approximate surface area is 244 Å². The van der Waals surface area contributed by atoms with Crippen molar-refractivity contribution in [3.8, 4) is 5.75 Å². The van der Waals surface area contributed by atoms with Gasteiger partial charge in [-0.3, -0.25) is 24.6 Å². The van der Waals surface area contributed by atoms with Gasteiger partial charge in [0.1, 0.15) is 17.5 Å². The van der Waals surface area contributed by atoms with Gasteiger partial charge in [0.15, 0.2) is 0 Å². The first-order chi connectivity index (χ1) is 20.0. The number of hydrogen-bond donors (Lipinski definition) is 2. The van der Waals surface area contributed by atoms with Gasteiger partial charge in [-0.1, -0.05) is 25.1 Å². The van der Waals surface area contributed by atoms with E-state index in [0.29, 0.717) is 12.2 Å². The molecule has 222 valence electrons. The van der Waals surface area contributed by atoms with Gasteiger partial charge in [0, 0.05) is 66.8 Å². The van der Waals surface area contributed by atoms with Gasteiger partial charge in [-0.2, -0.15) is 0 Å². The third kappa shape index (κ3) is 3.72. The Bertz CT molecular complexity index is 1480. The minimum atomic E-state index is -1.71. The fourth-order valence-electron chi connectivity index (χ4n) is 8.70. The first kappa shape index (κ1) is 28.2. The third-order valence-electron chi connectivity index (χ3n) is 10.1. The van der Waals surface area contributed by atoms with Gasteiger partial charge >= 0.3 is 5.97 Å². The highest BCUT2D eigenvalue weighted by Crippen LogP contribution is 2.67. The van der Waals surface area contributed by atoms with E-state index in [1.54, 1.807) is 7.11 Å². The van der Waals surface area contributed by atoms with E-state index in [1.165, 1.54) is 31.2 Å². The standard InChI is InChI=1S/C31H36N4O7/c1-5-29-13-6-15-34-16-14-30(26(29)34)23-12-11-22(41-4)17-24(23)33(3)27(30)31(38,28(29)42-19(2)36)18-32-25(37)20-7-9-21(10-8-20)35(39)40/h6-13,17,26-28,38H,5,14-16,18H2,1-4H3,(H,32,37)/t26?,27-,28-,29-,30-,31?/m1/s1. The van der Waals surface area contributed by atoms with Gasteiger partial charge in [0.05, 0.1) is 24.6 Å². The van der Waals surface area contributed by atoms with E-state index in [2.05, 4.69) is 40.3 Å². The number of nitrogens with zero attached hydrogens (tertiary/aromatic N) is 3. The molecule has 42 heavy (non-hydrogen) atoms. The van der Waals surface area contributed by atoms with Crippen LogP contribution < -0.4 is 15.0 Å². The number of carbonyl (C=O) groups excluding carboxylic acids is 2. The summed E-state index contributed by atoms with van der Waals surface area (Å²) in [5.41, 5.74) is -0.831. The fraction of sp³-hybridized carbons (Fsp3) is 0.484. The molecule has 6 atom stereocenters. The average molecular weight is 577 g/mol. The zero-order valence-corrected chi connectivity index (χ0v) is 24.2. The maximum absolute atomic E-state index is 13.4. The number of nitro benzene ring substituents is 1. The predicted octanol–water partition coefficient (Wildman–Crippen LogP) is 2.81. The van der Waals surface area contributed by atoms with Crippen LogP contribution in [0.25, 0.3) is 0 Å². The monoisotopic (exact) mass is 576 g/mol. The van der Waals surface area contributed by atoms with Gasteiger partial charge in [-0.05, 0) is 43.1 Å². The smallest absolute Gasteiger partial charge is 0.303 e. The number of likely N-dealkylation sites (N-methyl/N-ethyl adjacent to an activating group) is 1. The van der Waals surface area contributed by atoms with Crippen LogP contribution >= 0.6 is 0 Å². The van der Waals surface area contributed by atoms with E-state index in [9.17, 15) is 24.8 Å². The van der Waals surface area contributed by atoms with Crippen molar-refractivity contribution in [1.29, 1.82) is 0 Å². The van der Waals surface area contributed by atoms with E-state index >= 15 is 0 Å². The number of benzene rings is 2. The Morgan fingerprint density at radius 1 is 1.19 bits per heavy atom. The Balaban J connectivity index is 1.50. The number of carbonyl (C=O) groups is 2. The number of nitro groups is 1. The molecule has 1 saturated carbocycles. The second-order valence-electron chi connectivity index (χ2n) is 11.9. The van der Waals surface area contributed by atoms with E-state index in [0.717, 1.165) is 30.8 Å². The van der Waals surface area contributed by atoms with Crippen molar-refractivity contribution in [2.45, 2.75) is 55.9 Å². The molecule has 2 unspecified atom stereocenters. The van der Waals surface area contributed by atoms with Crippen molar-refractivity contribution < 1.29 is 29.1 Å². The van der Waals surface area contributed by atoms with Gasteiger partial charge in [-0.25, -0.2) is 0 Å². The number of aliphatic hydroxyl groups is 1. The van der Waals surface area contributed by atoms with Crippen LogP contribution in [0.1, 0.15) is 42.6 Å². The van der Waals surface area contributed by atoms with Crippen molar-refractivity contribution in [3.05, 3.63) is 75.9 Å². The minimum absolute atomic E-state index is 0.0582. The lowest BCUT2D eigenvalue weighted by Crippen LogP contribution is -2.81. The van der Waals surface area contributed by atoms with Crippen LogP contribution in [0.3, 0.4) is 0 Å². The Kier molecular flexibility index (Phi) is 6.58. The maximum Gasteiger partial charge on any atom is 0.303 e. The van der Waals surface area contributed by atoms with Gasteiger partial charge in [0.25, 0.3) is 11.6 Å². The average Bonchev–Trinajstić information content (AvgIpc) is 3.50. The lowest BCUT2D eigenvalue weighted by Gasteiger charge is -2.64. The van der Waals surface area contributed by atoms with E-state index in [-0.39, 0.29) is 23.8 Å². The summed E-state index contributed by atoms with van der Waals surface area (Å²) in [4.78, 5) is 41.1. The number of rotatable bonds is 7. The van der Waals surface area contributed by atoms with Crippen LogP contribution in [0.15, 0.2) is 54.6 Å². The number of nitrogens with one attached hydrogen (secondary N) is 1. The molecule has 2 aromatic carbocycles. The van der Waals surface area contributed by atoms with Crippen molar-refractivity contribution >= 4 is 23.3 Å². The van der Waals surface area contributed by atoms with Gasteiger partial charge < -0.3 is 24.8 Å². The normalized spacial score (nSPS) is 32.5. The number of esters is 1.